The van der Waals surface area contributed by atoms with Crippen molar-refractivity contribution in [2.45, 2.75) is 25.9 Å². The lowest BCUT2D eigenvalue weighted by molar-refractivity contribution is 0.156. The zero-order chi connectivity index (χ0) is 16.7. The van der Waals surface area contributed by atoms with Gasteiger partial charge in [0.15, 0.2) is 0 Å². The predicted octanol–water partition coefficient (Wildman–Crippen LogP) is 2.01. The smallest absolute Gasteiger partial charge is 0.266 e. The van der Waals surface area contributed by atoms with Gasteiger partial charge in [-0.05, 0) is 23.9 Å². The normalized spacial score (nSPS) is 16.1. The zero-order valence-electron chi connectivity index (χ0n) is 13.5. The number of thiophene rings is 1. The topological polar surface area (TPSA) is 77.1 Å². The van der Waals surface area contributed by atoms with Gasteiger partial charge in [0.25, 0.3) is 5.56 Å². The molecule has 8 heteroatoms. The fourth-order valence-electron chi connectivity index (χ4n) is 2.91. The van der Waals surface area contributed by atoms with Gasteiger partial charge in [-0.3, -0.25) is 9.69 Å². The second-order valence-electron chi connectivity index (χ2n) is 5.91. The number of hydrogen-bond donors (Lipinski definition) is 0. The highest BCUT2D eigenvalue weighted by atomic mass is 32.1. The molecule has 0 radical (unpaired) electrons. The molecule has 4 heterocycles. The van der Waals surface area contributed by atoms with Crippen molar-refractivity contribution in [2.24, 2.45) is 7.05 Å². The molecule has 1 aliphatic rings. The fraction of sp³-hybridized carbons (Fsp3) is 0.375. The molecule has 0 unspecified atom stereocenters. The van der Waals surface area contributed by atoms with E-state index < -0.39 is 0 Å². The maximum Gasteiger partial charge on any atom is 0.266 e. The van der Waals surface area contributed by atoms with Crippen LogP contribution in [0.3, 0.4) is 0 Å². The molecule has 3 aromatic rings. The molecule has 7 nitrogen and oxygen atoms in total. The summed E-state index contributed by atoms with van der Waals surface area (Å²) < 4.78 is 6.85. The minimum Gasteiger partial charge on any atom is -0.337 e. The Bertz CT molecular complexity index is 915. The van der Waals surface area contributed by atoms with Gasteiger partial charge in [0.1, 0.15) is 0 Å². The van der Waals surface area contributed by atoms with Crippen LogP contribution in [0, 0.1) is 0 Å². The van der Waals surface area contributed by atoms with Crippen molar-refractivity contribution in [3.05, 3.63) is 51.1 Å². The highest BCUT2D eigenvalue weighted by molar-refractivity contribution is 7.13. The van der Waals surface area contributed by atoms with E-state index in [0.717, 1.165) is 29.1 Å². The van der Waals surface area contributed by atoms with Gasteiger partial charge in [0, 0.05) is 32.6 Å². The van der Waals surface area contributed by atoms with Crippen LogP contribution in [0.4, 0.5) is 0 Å². The van der Waals surface area contributed by atoms with Gasteiger partial charge in [-0.1, -0.05) is 11.2 Å². The van der Waals surface area contributed by atoms with Crippen LogP contribution < -0.4 is 5.56 Å². The van der Waals surface area contributed by atoms with E-state index in [-0.39, 0.29) is 11.6 Å². The van der Waals surface area contributed by atoms with E-state index in [9.17, 15) is 4.79 Å². The maximum absolute atomic E-state index is 11.8. The third-order valence-electron chi connectivity index (χ3n) is 4.36. The highest BCUT2D eigenvalue weighted by Crippen LogP contribution is 2.28. The molecular formula is C16H17N5O2S. The fourth-order valence-corrected chi connectivity index (χ4v) is 3.56. The summed E-state index contributed by atoms with van der Waals surface area (Å²) in [7, 11) is 1.68. The molecule has 0 bridgehead atoms. The molecule has 1 atom stereocenters. The van der Waals surface area contributed by atoms with Gasteiger partial charge < -0.3 is 4.52 Å². The number of fused-ring (bicyclic) bond motifs is 1. The van der Waals surface area contributed by atoms with Crippen molar-refractivity contribution in [2.75, 3.05) is 6.54 Å². The molecular weight excluding hydrogens is 326 g/mol. The van der Waals surface area contributed by atoms with Gasteiger partial charge in [0.05, 0.1) is 16.6 Å². The summed E-state index contributed by atoms with van der Waals surface area (Å²) in [6.07, 6.45) is 0.805. The number of rotatable bonds is 3. The number of hydrogen-bond acceptors (Lipinski definition) is 7. The van der Waals surface area contributed by atoms with Gasteiger partial charge in [-0.2, -0.15) is 10.1 Å². The summed E-state index contributed by atoms with van der Waals surface area (Å²) in [5.74, 6) is 1.22. The van der Waals surface area contributed by atoms with E-state index in [1.807, 2.05) is 24.4 Å². The lowest BCUT2D eigenvalue weighted by atomic mass is 10.0. The Balaban J connectivity index is 1.56. The summed E-state index contributed by atoms with van der Waals surface area (Å²) in [6.45, 7) is 3.55. The summed E-state index contributed by atoms with van der Waals surface area (Å²) in [6, 6.07) is 5.60. The molecule has 4 rings (SSSR count). The van der Waals surface area contributed by atoms with Gasteiger partial charge in [0.2, 0.25) is 11.7 Å². The zero-order valence-corrected chi connectivity index (χ0v) is 14.3. The minimum absolute atomic E-state index is 0.0107. The van der Waals surface area contributed by atoms with Gasteiger partial charge in [-0.15, -0.1) is 11.3 Å². The number of aryl methyl sites for hydroxylation is 1. The van der Waals surface area contributed by atoms with E-state index in [2.05, 4.69) is 20.1 Å². The first kappa shape index (κ1) is 15.2. The van der Waals surface area contributed by atoms with Gasteiger partial charge >= 0.3 is 0 Å². The molecule has 0 saturated heterocycles. The molecule has 0 N–H and O–H groups in total. The SMILES string of the molecule is C[C@H](c1nc(-c2cccs2)no1)N1CCc2nn(C)c(=O)cc2C1. The molecule has 0 fully saturated rings. The third kappa shape index (κ3) is 2.67. The summed E-state index contributed by atoms with van der Waals surface area (Å²) in [5, 5.41) is 10.4. The lowest BCUT2D eigenvalue weighted by Gasteiger charge is -2.31. The van der Waals surface area contributed by atoms with Crippen molar-refractivity contribution in [1.82, 2.24) is 24.8 Å². The second-order valence-corrected chi connectivity index (χ2v) is 6.86. The summed E-state index contributed by atoms with van der Waals surface area (Å²) in [5.41, 5.74) is 1.89. The lowest BCUT2D eigenvalue weighted by Crippen LogP contribution is -2.36. The second kappa shape index (κ2) is 5.95. The first-order valence-corrected chi connectivity index (χ1v) is 8.67. The van der Waals surface area contributed by atoms with Crippen molar-refractivity contribution in [3.63, 3.8) is 0 Å². The summed E-state index contributed by atoms with van der Waals surface area (Å²) >= 11 is 1.59. The third-order valence-corrected chi connectivity index (χ3v) is 5.22. The van der Waals surface area contributed by atoms with Crippen molar-refractivity contribution >= 4 is 11.3 Å². The number of aromatic nitrogens is 4. The van der Waals surface area contributed by atoms with E-state index in [1.165, 1.54) is 4.68 Å². The Morgan fingerprint density at radius 1 is 1.42 bits per heavy atom. The van der Waals surface area contributed by atoms with Gasteiger partial charge in [-0.25, -0.2) is 4.68 Å². The average Bonchev–Trinajstić information content (AvgIpc) is 3.26. The molecule has 0 saturated carbocycles. The van der Waals surface area contributed by atoms with Crippen molar-refractivity contribution in [3.8, 4) is 10.7 Å². The monoisotopic (exact) mass is 343 g/mol. The van der Waals surface area contributed by atoms with E-state index in [1.54, 1.807) is 24.5 Å². The first-order valence-electron chi connectivity index (χ1n) is 7.79. The Kier molecular flexibility index (Phi) is 3.78. The summed E-state index contributed by atoms with van der Waals surface area (Å²) in [4.78, 5) is 19.6. The predicted molar refractivity (Wildman–Crippen MR) is 89.6 cm³/mol. The van der Waals surface area contributed by atoms with E-state index in [0.29, 0.717) is 18.3 Å². The Morgan fingerprint density at radius 3 is 3.08 bits per heavy atom. The molecule has 1 aliphatic heterocycles. The Labute approximate surface area is 142 Å². The molecule has 24 heavy (non-hydrogen) atoms. The van der Waals surface area contributed by atoms with Crippen molar-refractivity contribution in [1.29, 1.82) is 0 Å². The van der Waals surface area contributed by atoms with Crippen LogP contribution in [0.5, 0.6) is 0 Å². The standard InChI is InChI=1S/C16H17N5O2S/c1-10(16-17-15(19-23-16)13-4-3-7-24-13)21-6-5-12-11(9-21)8-14(22)20(2)18-12/h3-4,7-8,10H,5-6,9H2,1-2H3/t10-/m1/s1. The van der Waals surface area contributed by atoms with Crippen LogP contribution in [0.2, 0.25) is 0 Å². The highest BCUT2D eigenvalue weighted by Gasteiger charge is 2.27. The maximum atomic E-state index is 11.8. The van der Waals surface area contributed by atoms with Crippen LogP contribution in [-0.2, 0) is 20.0 Å². The van der Waals surface area contributed by atoms with Crippen LogP contribution >= 0.6 is 11.3 Å². The van der Waals surface area contributed by atoms with Crippen LogP contribution in [0.15, 0.2) is 32.9 Å². The minimum atomic E-state index is -0.0824. The molecule has 0 amide bonds. The Hall–Kier alpha value is -2.32. The molecule has 0 aliphatic carbocycles. The molecule has 0 aromatic carbocycles. The van der Waals surface area contributed by atoms with Crippen LogP contribution in [0.25, 0.3) is 10.7 Å². The molecule has 0 spiro atoms. The largest absolute Gasteiger partial charge is 0.337 e. The molecule has 124 valence electrons. The van der Waals surface area contributed by atoms with Crippen LogP contribution in [-0.4, -0.2) is 31.4 Å². The van der Waals surface area contributed by atoms with E-state index in [4.69, 9.17) is 4.52 Å². The number of nitrogens with zero attached hydrogens (tertiary/aromatic N) is 5. The first-order chi connectivity index (χ1) is 11.6. The average molecular weight is 343 g/mol. The van der Waals surface area contributed by atoms with E-state index >= 15 is 0 Å². The van der Waals surface area contributed by atoms with Crippen LogP contribution in [0.1, 0.15) is 30.1 Å². The Morgan fingerprint density at radius 2 is 2.29 bits per heavy atom. The molecule has 3 aromatic heterocycles. The quantitative estimate of drug-likeness (QED) is 0.724. The van der Waals surface area contributed by atoms with Crippen molar-refractivity contribution < 1.29 is 4.52 Å².